The van der Waals surface area contributed by atoms with Crippen LogP contribution in [0.2, 0.25) is 0 Å². The molecule has 23 heavy (non-hydrogen) atoms. The number of ketones is 1. The van der Waals surface area contributed by atoms with Gasteiger partial charge < -0.3 is 4.42 Å². The first-order chi connectivity index (χ1) is 11.1. The second kappa shape index (κ2) is 6.05. The molecule has 0 saturated carbocycles. The van der Waals surface area contributed by atoms with Gasteiger partial charge in [-0.25, -0.2) is 0 Å². The van der Waals surface area contributed by atoms with Gasteiger partial charge in [0.2, 0.25) is 0 Å². The SMILES string of the molecule is Cc1ccc(C(=O)c2cccc(-c3ccc(C=O)o3)c2)cc1C. The normalized spacial score (nSPS) is 10.5. The Morgan fingerprint density at radius 3 is 2.39 bits per heavy atom. The van der Waals surface area contributed by atoms with E-state index in [0.29, 0.717) is 23.2 Å². The van der Waals surface area contributed by atoms with E-state index in [9.17, 15) is 9.59 Å². The first-order valence-corrected chi connectivity index (χ1v) is 7.36. The van der Waals surface area contributed by atoms with Crippen LogP contribution < -0.4 is 0 Å². The number of carbonyl (C=O) groups excluding carboxylic acids is 2. The number of carbonyl (C=O) groups is 2. The number of aldehydes is 1. The van der Waals surface area contributed by atoms with Gasteiger partial charge >= 0.3 is 0 Å². The summed E-state index contributed by atoms with van der Waals surface area (Å²) in [5.74, 6) is 0.810. The van der Waals surface area contributed by atoms with E-state index in [-0.39, 0.29) is 11.5 Å². The lowest BCUT2D eigenvalue weighted by Gasteiger charge is -2.06. The van der Waals surface area contributed by atoms with E-state index in [1.807, 2.05) is 44.2 Å². The molecule has 0 atom stereocenters. The summed E-state index contributed by atoms with van der Waals surface area (Å²) < 4.78 is 5.41. The summed E-state index contributed by atoms with van der Waals surface area (Å²) in [5.41, 5.74) is 4.28. The lowest BCUT2D eigenvalue weighted by Crippen LogP contribution is -2.02. The molecule has 3 nitrogen and oxygen atoms in total. The third-order valence-corrected chi connectivity index (χ3v) is 3.92. The largest absolute Gasteiger partial charge is 0.453 e. The summed E-state index contributed by atoms with van der Waals surface area (Å²) in [6.07, 6.45) is 0.660. The van der Waals surface area contributed by atoms with Crippen LogP contribution in [-0.2, 0) is 0 Å². The van der Waals surface area contributed by atoms with Gasteiger partial charge in [-0.05, 0) is 49.2 Å². The van der Waals surface area contributed by atoms with Gasteiger partial charge in [0.15, 0.2) is 17.8 Å². The van der Waals surface area contributed by atoms with Gasteiger partial charge in [0.05, 0.1) is 0 Å². The van der Waals surface area contributed by atoms with Gasteiger partial charge in [-0.15, -0.1) is 0 Å². The highest BCUT2D eigenvalue weighted by Crippen LogP contribution is 2.24. The number of hydrogen-bond acceptors (Lipinski definition) is 3. The molecule has 0 spiro atoms. The number of hydrogen-bond donors (Lipinski definition) is 0. The molecule has 3 heteroatoms. The molecule has 3 aromatic rings. The van der Waals surface area contributed by atoms with Gasteiger partial charge in [0.25, 0.3) is 0 Å². The van der Waals surface area contributed by atoms with E-state index >= 15 is 0 Å². The number of aryl methyl sites for hydroxylation is 2. The van der Waals surface area contributed by atoms with Crippen molar-refractivity contribution in [3.8, 4) is 11.3 Å². The summed E-state index contributed by atoms with van der Waals surface area (Å²) >= 11 is 0. The Morgan fingerprint density at radius 1 is 0.913 bits per heavy atom. The molecule has 0 aliphatic rings. The van der Waals surface area contributed by atoms with Crippen molar-refractivity contribution >= 4 is 12.1 Å². The zero-order chi connectivity index (χ0) is 16.4. The van der Waals surface area contributed by atoms with Crippen LogP contribution >= 0.6 is 0 Å². The molecule has 0 amide bonds. The van der Waals surface area contributed by atoms with Crippen LogP contribution in [0.1, 0.15) is 37.6 Å². The molecule has 3 rings (SSSR count). The Kier molecular flexibility index (Phi) is 3.94. The Labute approximate surface area is 134 Å². The molecule has 0 unspecified atom stereocenters. The topological polar surface area (TPSA) is 47.3 Å². The molecule has 0 radical (unpaired) electrons. The van der Waals surface area contributed by atoms with Gasteiger partial charge in [-0.2, -0.15) is 0 Å². The Balaban J connectivity index is 1.96. The molecule has 0 fully saturated rings. The molecule has 0 aliphatic carbocycles. The van der Waals surface area contributed by atoms with Crippen LogP contribution in [-0.4, -0.2) is 12.1 Å². The van der Waals surface area contributed by atoms with E-state index in [1.165, 1.54) is 0 Å². The van der Waals surface area contributed by atoms with Crippen molar-refractivity contribution in [2.45, 2.75) is 13.8 Å². The first-order valence-electron chi connectivity index (χ1n) is 7.36. The molecule has 0 N–H and O–H groups in total. The van der Waals surface area contributed by atoms with Crippen LogP contribution in [0.15, 0.2) is 59.0 Å². The van der Waals surface area contributed by atoms with Gasteiger partial charge in [0.1, 0.15) is 5.76 Å². The van der Waals surface area contributed by atoms with E-state index in [1.54, 1.807) is 24.3 Å². The van der Waals surface area contributed by atoms with Gasteiger partial charge in [0, 0.05) is 16.7 Å². The predicted molar refractivity (Wildman–Crippen MR) is 88.9 cm³/mol. The van der Waals surface area contributed by atoms with Crippen LogP contribution in [0.25, 0.3) is 11.3 Å². The highest BCUT2D eigenvalue weighted by atomic mass is 16.3. The second-order valence-corrected chi connectivity index (χ2v) is 5.53. The molecule has 1 aromatic heterocycles. The predicted octanol–water partition coefficient (Wildman–Crippen LogP) is 4.61. The van der Waals surface area contributed by atoms with Crippen molar-refractivity contribution in [1.82, 2.24) is 0 Å². The fourth-order valence-electron chi connectivity index (χ4n) is 2.43. The van der Waals surface area contributed by atoms with E-state index in [0.717, 1.165) is 16.7 Å². The summed E-state index contributed by atoms with van der Waals surface area (Å²) in [4.78, 5) is 23.4. The molecule has 114 valence electrons. The Bertz CT molecular complexity index is 887. The van der Waals surface area contributed by atoms with E-state index in [2.05, 4.69) is 0 Å². The van der Waals surface area contributed by atoms with Crippen LogP contribution in [0.5, 0.6) is 0 Å². The third-order valence-electron chi connectivity index (χ3n) is 3.92. The minimum absolute atomic E-state index is 0.0304. The third kappa shape index (κ3) is 2.99. The zero-order valence-electron chi connectivity index (χ0n) is 13.0. The zero-order valence-corrected chi connectivity index (χ0v) is 13.0. The summed E-state index contributed by atoms with van der Waals surface area (Å²) in [6, 6.07) is 16.3. The highest BCUT2D eigenvalue weighted by molar-refractivity contribution is 6.09. The number of benzene rings is 2. The number of rotatable bonds is 4. The average molecular weight is 304 g/mol. The fourth-order valence-corrected chi connectivity index (χ4v) is 2.43. The standard InChI is InChI=1S/C20H16O3/c1-13-6-7-17(10-14(13)2)20(22)16-5-3-4-15(11-16)19-9-8-18(12-21)23-19/h3-12H,1-2H3. The van der Waals surface area contributed by atoms with Crippen molar-refractivity contribution in [1.29, 1.82) is 0 Å². The molecule has 0 bridgehead atoms. The maximum absolute atomic E-state index is 12.7. The smallest absolute Gasteiger partial charge is 0.193 e. The van der Waals surface area contributed by atoms with Crippen LogP contribution in [0.3, 0.4) is 0 Å². The van der Waals surface area contributed by atoms with E-state index in [4.69, 9.17) is 4.42 Å². The maximum Gasteiger partial charge on any atom is 0.193 e. The molecular weight excluding hydrogens is 288 g/mol. The van der Waals surface area contributed by atoms with E-state index < -0.39 is 0 Å². The minimum Gasteiger partial charge on any atom is -0.453 e. The summed E-state index contributed by atoms with van der Waals surface area (Å²) in [7, 11) is 0. The summed E-state index contributed by atoms with van der Waals surface area (Å²) in [5, 5.41) is 0. The average Bonchev–Trinajstić information content (AvgIpc) is 3.06. The molecular formula is C20H16O3. The van der Waals surface area contributed by atoms with Crippen LogP contribution in [0, 0.1) is 13.8 Å². The van der Waals surface area contributed by atoms with Crippen molar-refractivity contribution in [3.63, 3.8) is 0 Å². The quantitative estimate of drug-likeness (QED) is 0.522. The van der Waals surface area contributed by atoms with Crippen molar-refractivity contribution in [2.24, 2.45) is 0 Å². The molecule has 1 heterocycles. The monoisotopic (exact) mass is 304 g/mol. The van der Waals surface area contributed by atoms with Crippen molar-refractivity contribution < 1.29 is 14.0 Å². The minimum atomic E-state index is -0.0304. The molecule has 2 aromatic carbocycles. The summed E-state index contributed by atoms with van der Waals surface area (Å²) in [6.45, 7) is 4.01. The van der Waals surface area contributed by atoms with Crippen molar-refractivity contribution in [2.75, 3.05) is 0 Å². The highest BCUT2D eigenvalue weighted by Gasteiger charge is 2.12. The van der Waals surface area contributed by atoms with Gasteiger partial charge in [-0.3, -0.25) is 9.59 Å². The molecule has 0 saturated heterocycles. The fraction of sp³-hybridized carbons (Fsp3) is 0.100. The molecule has 0 aliphatic heterocycles. The van der Waals surface area contributed by atoms with Crippen molar-refractivity contribution in [3.05, 3.63) is 82.6 Å². The lowest BCUT2D eigenvalue weighted by atomic mass is 9.98. The second-order valence-electron chi connectivity index (χ2n) is 5.53. The lowest BCUT2D eigenvalue weighted by molar-refractivity contribution is 0.103. The number of furan rings is 1. The maximum atomic E-state index is 12.7. The first kappa shape index (κ1) is 15.0. The Morgan fingerprint density at radius 2 is 1.70 bits per heavy atom. The van der Waals surface area contributed by atoms with Gasteiger partial charge in [-0.1, -0.05) is 30.3 Å². The Hall–Kier alpha value is -2.94. The van der Waals surface area contributed by atoms with Crippen LogP contribution in [0.4, 0.5) is 0 Å².